The van der Waals surface area contributed by atoms with Gasteiger partial charge in [-0.2, -0.15) is 0 Å². The van der Waals surface area contributed by atoms with Gasteiger partial charge in [0, 0.05) is 12.6 Å². The van der Waals surface area contributed by atoms with Gasteiger partial charge in [0.15, 0.2) is 0 Å². The van der Waals surface area contributed by atoms with Crippen LogP contribution in [0.15, 0.2) is 21.8 Å². The Bertz CT molecular complexity index is 447. The normalized spacial score (nSPS) is 17.9. The molecule has 1 aromatic rings. The molecule has 1 aromatic carbocycles. The van der Waals surface area contributed by atoms with Crippen molar-refractivity contribution in [2.24, 2.45) is 0 Å². The summed E-state index contributed by atoms with van der Waals surface area (Å²) in [6.07, 6.45) is 0. The van der Waals surface area contributed by atoms with Crippen LogP contribution in [0.3, 0.4) is 0 Å². The second kappa shape index (κ2) is 3.91. The zero-order chi connectivity index (χ0) is 11.2. The van der Waals surface area contributed by atoms with Crippen LogP contribution in [-0.4, -0.2) is 7.11 Å². The number of hydrogen-bond donors (Lipinski definition) is 0. The van der Waals surface area contributed by atoms with Gasteiger partial charge in [0.1, 0.15) is 5.75 Å². The summed E-state index contributed by atoms with van der Waals surface area (Å²) in [5.74, 6) is 0.942. The highest BCUT2D eigenvalue weighted by atomic mass is 127. The van der Waals surface area contributed by atoms with Gasteiger partial charge in [-0.05, 0) is 74.5 Å². The smallest absolute Gasteiger partial charge is 0.119 e. The van der Waals surface area contributed by atoms with Crippen LogP contribution in [-0.2, 0) is 5.41 Å². The van der Waals surface area contributed by atoms with E-state index in [2.05, 4.69) is 71.2 Å². The minimum Gasteiger partial charge on any atom is -0.497 e. The standard InChI is InChI=1S/C12H12I2O/c1-12(2)9-6-7(15-3)4-5-8(9)10(13)11(12)14/h4-6H,1-3H3. The van der Waals surface area contributed by atoms with E-state index < -0.39 is 0 Å². The SMILES string of the molecule is COc1ccc2c(c1)C(C)(C)C(I)=C2I. The molecule has 1 aliphatic rings. The second-order valence-corrected chi connectivity index (χ2v) is 6.32. The predicted molar refractivity (Wildman–Crippen MR) is 81.0 cm³/mol. The number of halogens is 2. The molecule has 1 nitrogen and oxygen atoms in total. The fourth-order valence-corrected chi connectivity index (χ4v) is 3.60. The minimum atomic E-state index is 0.126. The third-order valence-corrected chi connectivity index (χ3v) is 6.92. The van der Waals surface area contributed by atoms with Gasteiger partial charge >= 0.3 is 0 Å². The number of hydrogen-bond acceptors (Lipinski definition) is 1. The van der Waals surface area contributed by atoms with Crippen LogP contribution < -0.4 is 4.74 Å². The van der Waals surface area contributed by atoms with Crippen molar-refractivity contribution < 1.29 is 4.74 Å². The van der Waals surface area contributed by atoms with Crippen molar-refractivity contribution in [1.82, 2.24) is 0 Å². The first-order valence-corrected chi connectivity index (χ1v) is 6.89. The van der Waals surface area contributed by atoms with Crippen molar-refractivity contribution >= 4 is 48.8 Å². The van der Waals surface area contributed by atoms with E-state index in [0.717, 1.165) is 5.75 Å². The number of benzene rings is 1. The van der Waals surface area contributed by atoms with Crippen LogP contribution in [0.2, 0.25) is 0 Å². The molecule has 0 aliphatic heterocycles. The van der Waals surface area contributed by atoms with Crippen molar-refractivity contribution in [3.8, 4) is 5.75 Å². The molecular formula is C12H12I2O. The fraction of sp³-hybridized carbons (Fsp3) is 0.333. The van der Waals surface area contributed by atoms with E-state index in [1.54, 1.807) is 7.11 Å². The van der Waals surface area contributed by atoms with Gasteiger partial charge < -0.3 is 4.74 Å². The average molecular weight is 426 g/mol. The predicted octanol–water partition coefficient (Wildman–Crippen LogP) is 4.53. The first-order chi connectivity index (χ1) is 6.98. The van der Waals surface area contributed by atoms with Crippen molar-refractivity contribution in [3.05, 3.63) is 32.9 Å². The minimum absolute atomic E-state index is 0.126. The summed E-state index contributed by atoms with van der Waals surface area (Å²) in [5.41, 5.74) is 2.85. The topological polar surface area (TPSA) is 9.23 Å². The van der Waals surface area contributed by atoms with E-state index in [1.807, 2.05) is 6.07 Å². The Morgan fingerprint density at radius 1 is 1.20 bits per heavy atom. The van der Waals surface area contributed by atoms with Crippen molar-refractivity contribution in [1.29, 1.82) is 0 Å². The maximum atomic E-state index is 5.28. The summed E-state index contributed by atoms with van der Waals surface area (Å²) in [5, 5.41) is 0. The second-order valence-electron chi connectivity index (χ2n) is 4.16. The molecule has 0 N–H and O–H groups in total. The molecule has 0 radical (unpaired) electrons. The van der Waals surface area contributed by atoms with Crippen molar-refractivity contribution in [2.45, 2.75) is 19.3 Å². The van der Waals surface area contributed by atoms with Gasteiger partial charge in [-0.3, -0.25) is 0 Å². The first kappa shape index (κ1) is 11.7. The maximum Gasteiger partial charge on any atom is 0.119 e. The molecule has 15 heavy (non-hydrogen) atoms. The van der Waals surface area contributed by atoms with E-state index >= 15 is 0 Å². The molecule has 0 unspecified atom stereocenters. The largest absolute Gasteiger partial charge is 0.497 e. The van der Waals surface area contributed by atoms with Crippen molar-refractivity contribution in [2.75, 3.05) is 7.11 Å². The number of ether oxygens (including phenoxy) is 1. The van der Waals surface area contributed by atoms with E-state index in [9.17, 15) is 0 Å². The highest BCUT2D eigenvalue weighted by Gasteiger charge is 2.35. The summed E-state index contributed by atoms with van der Waals surface area (Å²) in [7, 11) is 1.72. The highest BCUT2D eigenvalue weighted by molar-refractivity contribution is 14.1. The summed E-state index contributed by atoms with van der Waals surface area (Å²) >= 11 is 4.88. The summed E-state index contributed by atoms with van der Waals surface area (Å²) in [6, 6.07) is 6.34. The lowest BCUT2D eigenvalue weighted by Gasteiger charge is -2.21. The fourth-order valence-electron chi connectivity index (χ4n) is 1.87. The molecule has 80 valence electrons. The molecule has 0 amide bonds. The molecule has 3 heteroatoms. The van der Waals surface area contributed by atoms with E-state index in [-0.39, 0.29) is 5.41 Å². The van der Waals surface area contributed by atoms with Crippen LogP contribution in [0.25, 0.3) is 3.58 Å². The quantitative estimate of drug-likeness (QED) is 0.601. The Morgan fingerprint density at radius 3 is 2.47 bits per heavy atom. The molecule has 0 heterocycles. The Labute approximate surface area is 118 Å². The Balaban J connectivity index is 2.65. The molecule has 1 aliphatic carbocycles. The van der Waals surface area contributed by atoms with Crippen LogP contribution in [0.5, 0.6) is 5.75 Å². The Hall–Kier alpha value is 0.220. The summed E-state index contributed by atoms with van der Waals surface area (Å²) in [6.45, 7) is 4.53. The third-order valence-electron chi connectivity index (χ3n) is 2.88. The monoisotopic (exact) mass is 426 g/mol. The van der Waals surface area contributed by atoms with Gasteiger partial charge in [-0.15, -0.1) is 0 Å². The van der Waals surface area contributed by atoms with Crippen molar-refractivity contribution in [3.63, 3.8) is 0 Å². The summed E-state index contributed by atoms with van der Waals surface area (Å²) in [4.78, 5) is 0. The van der Waals surface area contributed by atoms with Crippen LogP contribution in [0, 0.1) is 0 Å². The Morgan fingerprint density at radius 2 is 1.87 bits per heavy atom. The van der Waals surface area contributed by atoms with E-state index in [1.165, 1.54) is 18.3 Å². The lowest BCUT2D eigenvalue weighted by molar-refractivity contribution is 0.413. The van der Waals surface area contributed by atoms with Gasteiger partial charge in [0.05, 0.1) is 7.11 Å². The molecule has 0 aromatic heterocycles. The average Bonchev–Trinajstić information content (AvgIpc) is 2.40. The van der Waals surface area contributed by atoms with Gasteiger partial charge in [-0.1, -0.05) is 13.8 Å². The molecule has 0 atom stereocenters. The van der Waals surface area contributed by atoms with Gasteiger partial charge in [0.2, 0.25) is 0 Å². The molecule has 0 fully saturated rings. The molecule has 0 saturated heterocycles. The van der Waals surface area contributed by atoms with Gasteiger partial charge in [0.25, 0.3) is 0 Å². The third kappa shape index (κ3) is 1.71. The zero-order valence-corrected chi connectivity index (χ0v) is 13.2. The zero-order valence-electron chi connectivity index (χ0n) is 8.90. The number of fused-ring (bicyclic) bond motifs is 1. The number of methoxy groups -OCH3 is 1. The summed E-state index contributed by atoms with van der Waals surface area (Å²) < 4.78 is 8.07. The Kier molecular flexibility index (Phi) is 3.05. The molecule has 0 bridgehead atoms. The molecule has 0 saturated carbocycles. The maximum absolute atomic E-state index is 5.28. The van der Waals surface area contributed by atoms with Crippen LogP contribution in [0.4, 0.5) is 0 Å². The first-order valence-electron chi connectivity index (χ1n) is 4.73. The van der Waals surface area contributed by atoms with E-state index in [0.29, 0.717) is 0 Å². The lowest BCUT2D eigenvalue weighted by atomic mass is 9.87. The van der Waals surface area contributed by atoms with Crippen LogP contribution in [0.1, 0.15) is 25.0 Å². The lowest BCUT2D eigenvalue weighted by Crippen LogP contribution is -2.14. The molecule has 2 rings (SSSR count). The van der Waals surface area contributed by atoms with E-state index in [4.69, 9.17) is 4.74 Å². The molecular weight excluding hydrogens is 414 g/mol. The number of rotatable bonds is 1. The number of allylic oxidation sites excluding steroid dienone is 1. The molecule has 0 spiro atoms. The van der Waals surface area contributed by atoms with Crippen LogP contribution >= 0.6 is 45.2 Å². The highest BCUT2D eigenvalue weighted by Crippen LogP contribution is 2.52. The van der Waals surface area contributed by atoms with Gasteiger partial charge in [-0.25, -0.2) is 0 Å².